The van der Waals surface area contributed by atoms with Crippen LogP contribution in [0.15, 0.2) is 12.3 Å². The van der Waals surface area contributed by atoms with E-state index in [0.717, 1.165) is 25.1 Å². The summed E-state index contributed by atoms with van der Waals surface area (Å²) in [5, 5.41) is 4.78. The first-order valence-corrected chi connectivity index (χ1v) is 7.86. The molecule has 2 rings (SSSR count). The number of hydrogen-bond donors (Lipinski definition) is 0. The first-order valence-electron chi connectivity index (χ1n) is 7.33. The summed E-state index contributed by atoms with van der Waals surface area (Å²) in [6.45, 7) is 4.47. The summed E-state index contributed by atoms with van der Waals surface area (Å²) < 4.78 is 2.19. The number of rotatable bonds is 6. The highest BCUT2D eigenvalue weighted by molar-refractivity contribution is 6.18. The minimum Gasteiger partial charge on any atom is -0.269 e. The first kappa shape index (κ1) is 13.9. The molecular weight excluding hydrogens is 244 g/mol. The van der Waals surface area contributed by atoms with Crippen molar-refractivity contribution in [2.45, 2.75) is 64.8 Å². The summed E-state index contributed by atoms with van der Waals surface area (Å²) in [6, 6.07) is 2.83. The maximum Gasteiger partial charge on any atom is 0.0630 e. The molecule has 0 radical (unpaired) electrons. The SMILES string of the molecule is CCC(CC)(CCl)Cc1ccn(C2CCCC2)n1. The van der Waals surface area contributed by atoms with Crippen LogP contribution in [-0.4, -0.2) is 15.7 Å². The van der Waals surface area contributed by atoms with Crippen LogP contribution in [0.25, 0.3) is 0 Å². The van der Waals surface area contributed by atoms with E-state index in [1.165, 1.54) is 31.4 Å². The van der Waals surface area contributed by atoms with E-state index in [4.69, 9.17) is 16.7 Å². The van der Waals surface area contributed by atoms with Gasteiger partial charge < -0.3 is 0 Å². The zero-order valence-electron chi connectivity index (χ0n) is 11.7. The van der Waals surface area contributed by atoms with Gasteiger partial charge in [-0.1, -0.05) is 26.7 Å². The molecule has 1 aliphatic carbocycles. The summed E-state index contributed by atoms with van der Waals surface area (Å²) in [5.74, 6) is 0.732. The van der Waals surface area contributed by atoms with E-state index in [1.807, 2.05) is 0 Å². The second kappa shape index (κ2) is 6.10. The highest BCUT2D eigenvalue weighted by atomic mass is 35.5. The third-order valence-corrected chi connectivity index (χ3v) is 5.27. The maximum absolute atomic E-state index is 6.17. The van der Waals surface area contributed by atoms with Crippen LogP contribution in [-0.2, 0) is 6.42 Å². The van der Waals surface area contributed by atoms with Crippen LogP contribution in [0.2, 0.25) is 0 Å². The molecule has 102 valence electrons. The van der Waals surface area contributed by atoms with E-state index >= 15 is 0 Å². The van der Waals surface area contributed by atoms with Crippen LogP contribution < -0.4 is 0 Å². The summed E-state index contributed by atoms with van der Waals surface area (Å²) in [6.07, 6.45) is 10.7. The smallest absolute Gasteiger partial charge is 0.0630 e. The minimum atomic E-state index is 0.233. The quantitative estimate of drug-likeness (QED) is 0.690. The molecular formula is C15H25ClN2. The largest absolute Gasteiger partial charge is 0.269 e. The van der Waals surface area contributed by atoms with Crippen LogP contribution in [0.4, 0.5) is 0 Å². The lowest BCUT2D eigenvalue weighted by Gasteiger charge is -2.28. The van der Waals surface area contributed by atoms with Crippen molar-refractivity contribution in [2.24, 2.45) is 5.41 Å². The third kappa shape index (κ3) is 2.90. The molecule has 0 bridgehead atoms. The zero-order valence-corrected chi connectivity index (χ0v) is 12.4. The van der Waals surface area contributed by atoms with E-state index in [0.29, 0.717) is 6.04 Å². The van der Waals surface area contributed by atoms with Gasteiger partial charge in [-0.2, -0.15) is 5.10 Å². The van der Waals surface area contributed by atoms with Gasteiger partial charge in [0, 0.05) is 12.1 Å². The molecule has 1 aromatic heterocycles. The van der Waals surface area contributed by atoms with E-state index in [1.54, 1.807) is 0 Å². The molecule has 18 heavy (non-hydrogen) atoms. The molecule has 1 heterocycles. The van der Waals surface area contributed by atoms with Gasteiger partial charge in [-0.05, 0) is 43.6 Å². The summed E-state index contributed by atoms with van der Waals surface area (Å²) in [5.41, 5.74) is 1.45. The standard InChI is InChI=1S/C15H25ClN2/c1-3-15(4-2,12-16)11-13-9-10-18(17-13)14-7-5-6-8-14/h9-10,14H,3-8,11-12H2,1-2H3. The molecule has 0 aliphatic heterocycles. The molecule has 0 unspecified atom stereocenters. The highest BCUT2D eigenvalue weighted by Gasteiger charge is 2.27. The van der Waals surface area contributed by atoms with E-state index in [2.05, 4.69) is 30.8 Å². The number of alkyl halides is 1. The number of aromatic nitrogens is 2. The maximum atomic E-state index is 6.17. The Morgan fingerprint density at radius 1 is 1.33 bits per heavy atom. The molecule has 0 saturated heterocycles. The molecule has 1 fully saturated rings. The van der Waals surface area contributed by atoms with Crippen molar-refractivity contribution in [2.75, 3.05) is 5.88 Å². The minimum absolute atomic E-state index is 0.233. The Labute approximate surface area is 116 Å². The molecule has 0 atom stereocenters. The molecule has 1 saturated carbocycles. The Morgan fingerprint density at radius 3 is 2.56 bits per heavy atom. The number of hydrogen-bond acceptors (Lipinski definition) is 1. The molecule has 1 aromatic rings. The Morgan fingerprint density at radius 2 is 2.00 bits per heavy atom. The zero-order chi connectivity index (χ0) is 13.0. The van der Waals surface area contributed by atoms with Crippen LogP contribution >= 0.6 is 11.6 Å². The van der Waals surface area contributed by atoms with Crippen LogP contribution in [0.5, 0.6) is 0 Å². The average Bonchev–Trinajstić information content (AvgIpc) is 3.07. The van der Waals surface area contributed by atoms with Crippen LogP contribution in [0.3, 0.4) is 0 Å². The second-order valence-electron chi connectivity index (χ2n) is 5.74. The predicted molar refractivity (Wildman–Crippen MR) is 77.2 cm³/mol. The van der Waals surface area contributed by atoms with Gasteiger partial charge in [0.05, 0.1) is 11.7 Å². The molecule has 0 aromatic carbocycles. The van der Waals surface area contributed by atoms with E-state index in [-0.39, 0.29) is 5.41 Å². The van der Waals surface area contributed by atoms with Crippen LogP contribution in [0, 0.1) is 5.41 Å². The number of nitrogens with zero attached hydrogens (tertiary/aromatic N) is 2. The van der Waals surface area contributed by atoms with Crippen molar-refractivity contribution in [3.8, 4) is 0 Å². The molecule has 0 spiro atoms. The first-order chi connectivity index (χ1) is 8.73. The second-order valence-corrected chi connectivity index (χ2v) is 6.01. The third-order valence-electron chi connectivity index (χ3n) is 4.70. The lowest BCUT2D eigenvalue weighted by atomic mass is 9.80. The average molecular weight is 269 g/mol. The van der Waals surface area contributed by atoms with Crippen molar-refractivity contribution in [3.63, 3.8) is 0 Å². The lowest BCUT2D eigenvalue weighted by Crippen LogP contribution is -2.24. The number of halogens is 1. The Kier molecular flexibility index (Phi) is 4.71. The van der Waals surface area contributed by atoms with Gasteiger partial charge in [-0.25, -0.2) is 0 Å². The Hall–Kier alpha value is -0.500. The molecule has 1 aliphatic rings. The Bertz CT molecular complexity index is 354. The van der Waals surface area contributed by atoms with E-state index < -0.39 is 0 Å². The summed E-state index contributed by atoms with van der Waals surface area (Å²) in [4.78, 5) is 0. The summed E-state index contributed by atoms with van der Waals surface area (Å²) in [7, 11) is 0. The fraction of sp³-hybridized carbons (Fsp3) is 0.800. The lowest BCUT2D eigenvalue weighted by molar-refractivity contribution is 0.296. The van der Waals surface area contributed by atoms with Gasteiger partial charge in [0.2, 0.25) is 0 Å². The van der Waals surface area contributed by atoms with Crippen molar-refractivity contribution < 1.29 is 0 Å². The Balaban J connectivity index is 2.05. The topological polar surface area (TPSA) is 17.8 Å². The predicted octanol–water partition coefficient (Wildman–Crippen LogP) is 4.59. The van der Waals surface area contributed by atoms with Crippen molar-refractivity contribution in [3.05, 3.63) is 18.0 Å². The fourth-order valence-electron chi connectivity index (χ4n) is 2.96. The molecule has 2 nitrogen and oxygen atoms in total. The molecule has 0 N–H and O–H groups in total. The van der Waals surface area contributed by atoms with Gasteiger partial charge in [0.1, 0.15) is 0 Å². The van der Waals surface area contributed by atoms with Crippen LogP contribution in [0.1, 0.15) is 64.1 Å². The summed E-state index contributed by atoms with van der Waals surface area (Å²) >= 11 is 6.17. The van der Waals surface area contributed by atoms with Crippen molar-refractivity contribution in [1.29, 1.82) is 0 Å². The normalized spacial score (nSPS) is 17.5. The van der Waals surface area contributed by atoms with E-state index in [9.17, 15) is 0 Å². The fourth-order valence-corrected chi connectivity index (χ4v) is 3.44. The van der Waals surface area contributed by atoms with Gasteiger partial charge in [-0.3, -0.25) is 4.68 Å². The van der Waals surface area contributed by atoms with Gasteiger partial charge in [-0.15, -0.1) is 11.6 Å². The monoisotopic (exact) mass is 268 g/mol. The molecule has 0 amide bonds. The van der Waals surface area contributed by atoms with Gasteiger partial charge in [0.15, 0.2) is 0 Å². The highest BCUT2D eigenvalue weighted by Crippen LogP contribution is 2.33. The van der Waals surface area contributed by atoms with Gasteiger partial charge in [0.25, 0.3) is 0 Å². The van der Waals surface area contributed by atoms with Gasteiger partial charge >= 0.3 is 0 Å². The molecule has 3 heteroatoms. The van der Waals surface area contributed by atoms with Crippen molar-refractivity contribution >= 4 is 11.6 Å². The van der Waals surface area contributed by atoms with Crippen molar-refractivity contribution in [1.82, 2.24) is 9.78 Å².